The molecule has 1 N–H and O–H groups in total. The zero-order valence-electron chi connectivity index (χ0n) is 13.7. The molecule has 2 aromatic rings. The quantitative estimate of drug-likeness (QED) is 0.885. The van der Waals surface area contributed by atoms with Crippen molar-refractivity contribution in [1.29, 1.82) is 0 Å². The van der Waals surface area contributed by atoms with Crippen LogP contribution in [-0.4, -0.2) is 32.4 Å². The second kappa shape index (κ2) is 7.59. The van der Waals surface area contributed by atoms with Crippen LogP contribution in [-0.2, 0) is 16.6 Å². The van der Waals surface area contributed by atoms with Gasteiger partial charge in [-0.15, -0.1) is 0 Å². The van der Waals surface area contributed by atoms with Crippen LogP contribution in [0.2, 0.25) is 0 Å². The zero-order valence-corrected chi connectivity index (χ0v) is 14.5. The number of nitrogens with zero attached hydrogens (tertiary/aromatic N) is 1. The first kappa shape index (κ1) is 18.0. The lowest BCUT2D eigenvalue weighted by Crippen LogP contribution is -2.44. The molecule has 2 aromatic carbocycles. The van der Waals surface area contributed by atoms with Crippen molar-refractivity contribution in [3.05, 3.63) is 65.7 Å². The highest BCUT2D eigenvalue weighted by molar-refractivity contribution is 7.89. The van der Waals surface area contributed by atoms with Gasteiger partial charge in [-0.05, 0) is 54.8 Å². The number of hydrogen-bond donors (Lipinski definition) is 1. The summed E-state index contributed by atoms with van der Waals surface area (Å²) in [4.78, 5) is 2.29. The number of sulfonamides is 1. The minimum atomic E-state index is -3.63. The maximum absolute atomic E-state index is 12.9. The molecule has 0 aliphatic carbocycles. The Morgan fingerprint density at radius 3 is 2.00 bits per heavy atom. The lowest BCUT2D eigenvalue weighted by Gasteiger charge is -2.32. The van der Waals surface area contributed by atoms with Crippen LogP contribution in [0.1, 0.15) is 18.4 Å². The molecular formula is C18H20F2N2O2S. The maximum atomic E-state index is 12.9. The van der Waals surface area contributed by atoms with Crippen LogP contribution in [0.5, 0.6) is 0 Å². The van der Waals surface area contributed by atoms with Crippen LogP contribution in [0.4, 0.5) is 8.78 Å². The van der Waals surface area contributed by atoms with Gasteiger partial charge in [0.05, 0.1) is 4.90 Å². The van der Waals surface area contributed by atoms with Gasteiger partial charge in [-0.25, -0.2) is 21.9 Å². The molecule has 0 amide bonds. The molecule has 0 bridgehead atoms. The Morgan fingerprint density at radius 2 is 1.44 bits per heavy atom. The fourth-order valence-corrected chi connectivity index (χ4v) is 4.26. The number of likely N-dealkylation sites (tertiary alicyclic amines) is 1. The monoisotopic (exact) mass is 366 g/mol. The van der Waals surface area contributed by atoms with Crippen molar-refractivity contribution in [2.24, 2.45) is 0 Å². The van der Waals surface area contributed by atoms with Crippen molar-refractivity contribution in [1.82, 2.24) is 9.62 Å². The highest BCUT2D eigenvalue weighted by Crippen LogP contribution is 2.17. The van der Waals surface area contributed by atoms with Crippen molar-refractivity contribution in [2.75, 3.05) is 13.1 Å². The van der Waals surface area contributed by atoms with E-state index < -0.39 is 15.8 Å². The van der Waals surface area contributed by atoms with Gasteiger partial charge in [-0.2, -0.15) is 0 Å². The first-order chi connectivity index (χ1) is 11.9. The van der Waals surface area contributed by atoms with Gasteiger partial charge in [0.2, 0.25) is 10.0 Å². The Morgan fingerprint density at radius 1 is 0.920 bits per heavy atom. The SMILES string of the molecule is O=S(=O)(NC1CCN(Cc2ccc(F)cc2)CC1)c1ccc(F)cc1. The Kier molecular flexibility index (Phi) is 5.46. The van der Waals surface area contributed by atoms with Gasteiger partial charge in [0, 0.05) is 25.7 Å². The molecule has 1 aliphatic heterocycles. The van der Waals surface area contributed by atoms with E-state index in [0.29, 0.717) is 12.8 Å². The maximum Gasteiger partial charge on any atom is 0.240 e. The van der Waals surface area contributed by atoms with Gasteiger partial charge in [0.1, 0.15) is 11.6 Å². The van der Waals surface area contributed by atoms with Crippen LogP contribution in [0.3, 0.4) is 0 Å². The van der Waals surface area contributed by atoms with Gasteiger partial charge in [0.15, 0.2) is 0 Å². The van der Waals surface area contributed by atoms with E-state index in [1.54, 1.807) is 12.1 Å². The third kappa shape index (κ3) is 4.84. The van der Waals surface area contributed by atoms with E-state index >= 15 is 0 Å². The Balaban J connectivity index is 1.53. The first-order valence-electron chi connectivity index (χ1n) is 8.17. The number of benzene rings is 2. The van der Waals surface area contributed by atoms with Crippen LogP contribution < -0.4 is 4.72 Å². The molecule has 1 aliphatic rings. The van der Waals surface area contributed by atoms with Crippen LogP contribution in [0, 0.1) is 11.6 Å². The summed E-state index contributed by atoms with van der Waals surface area (Å²) >= 11 is 0. The van der Waals surface area contributed by atoms with E-state index in [1.807, 2.05) is 0 Å². The number of hydrogen-bond acceptors (Lipinski definition) is 3. The molecular weight excluding hydrogens is 346 g/mol. The Labute approximate surface area is 146 Å². The molecule has 0 aromatic heterocycles. The predicted molar refractivity (Wildman–Crippen MR) is 91.4 cm³/mol. The smallest absolute Gasteiger partial charge is 0.240 e. The molecule has 1 heterocycles. The number of piperidine rings is 1. The summed E-state index contributed by atoms with van der Waals surface area (Å²) in [5.74, 6) is -0.717. The predicted octanol–water partition coefficient (Wildman–Crippen LogP) is 2.91. The molecule has 0 spiro atoms. The third-order valence-electron chi connectivity index (χ3n) is 4.35. The summed E-state index contributed by atoms with van der Waals surface area (Å²) in [6.07, 6.45) is 1.39. The molecule has 25 heavy (non-hydrogen) atoms. The van der Waals surface area contributed by atoms with Crippen molar-refractivity contribution < 1.29 is 17.2 Å². The number of nitrogens with one attached hydrogen (secondary N) is 1. The minimum Gasteiger partial charge on any atom is -0.299 e. The zero-order chi connectivity index (χ0) is 17.9. The summed E-state index contributed by atoms with van der Waals surface area (Å²) < 4.78 is 53.2. The fourth-order valence-electron chi connectivity index (χ4n) is 2.96. The number of rotatable bonds is 5. The summed E-state index contributed by atoms with van der Waals surface area (Å²) in [7, 11) is -3.63. The van der Waals surface area contributed by atoms with Gasteiger partial charge in [-0.1, -0.05) is 12.1 Å². The first-order valence-corrected chi connectivity index (χ1v) is 9.65. The number of halogens is 2. The highest BCUT2D eigenvalue weighted by Gasteiger charge is 2.24. The molecule has 0 saturated carbocycles. The average molecular weight is 366 g/mol. The molecule has 3 rings (SSSR count). The molecule has 7 heteroatoms. The van der Waals surface area contributed by atoms with Crippen molar-refractivity contribution in [2.45, 2.75) is 30.3 Å². The van der Waals surface area contributed by atoms with Crippen LogP contribution in [0.15, 0.2) is 53.4 Å². The van der Waals surface area contributed by atoms with E-state index in [1.165, 1.54) is 24.3 Å². The molecule has 0 unspecified atom stereocenters. The Bertz CT molecular complexity index is 800. The topological polar surface area (TPSA) is 49.4 Å². The standard InChI is InChI=1S/C18H20F2N2O2S/c19-15-3-1-14(2-4-15)13-22-11-9-17(10-12-22)21-25(23,24)18-7-5-16(20)6-8-18/h1-8,17,21H,9-13H2. The van der Waals surface area contributed by atoms with E-state index in [0.717, 1.165) is 37.3 Å². The molecule has 4 nitrogen and oxygen atoms in total. The van der Waals surface area contributed by atoms with E-state index in [9.17, 15) is 17.2 Å². The Hall–Kier alpha value is -1.83. The second-order valence-electron chi connectivity index (χ2n) is 6.25. The summed E-state index contributed by atoms with van der Waals surface area (Å²) in [5, 5.41) is 0. The lowest BCUT2D eigenvalue weighted by atomic mass is 10.1. The molecule has 0 atom stereocenters. The fraction of sp³-hybridized carbons (Fsp3) is 0.333. The minimum absolute atomic E-state index is 0.0719. The van der Waals surface area contributed by atoms with Crippen LogP contribution >= 0.6 is 0 Å². The second-order valence-corrected chi connectivity index (χ2v) is 7.97. The normalized spacial score (nSPS) is 16.9. The van der Waals surface area contributed by atoms with Crippen molar-refractivity contribution in [3.63, 3.8) is 0 Å². The van der Waals surface area contributed by atoms with Gasteiger partial charge in [0.25, 0.3) is 0 Å². The lowest BCUT2D eigenvalue weighted by molar-refractivity contribution is 0.200. The van der Waals surface area contributed by atoms with Crippen molar-refractivity contribution >= 4 is 10.0 Å². The summed E-state index contributed by atoms with van der Waals surface area (Å²) in [6, 6.07) is 11.1. The highest BCUT2D eigenvalue weighted by atomic mass is 32.2. The largest absolute Gasteiger partial charge is 0.299 e. The molecule has 134 valence electrons. The van der Waals surface area contributed by atoms with Gasteiger partial charge >= 0.3 is 0 Å². The van der Waals surface area contributed by atoms with Gasteiger partial charge in [-0.3, -0.25) is 4.90 Å². The summed E-state index contributed by atoms with van der Waals surface area (Å²) in [6.45, 7) is 2.24. The third-order valence-corrected chi connectivity index (χ3v) is 5.89. The molecule has 0 radical (unpaired) electrons. The van der Waals surface area contributed by atoms with Gasteiger partial charge < -0.3 is 0 Å². The summed E-state index contributed by atoms with van der Waals surface area (Å²) in [5.41, 5.74) is 1.03. The van der Waals surface area contributed by atoms with Crippen LogP contribution in [0.25, 0.3) is 0 Å². The molecule has 1 fully saturated rings. The average Bonchev–Trinajstić information content (AvgIpc) is 2.59. The van der Waals surface area contributed by atoms with E-state index in [2.05, 4.69) is 9.62 Å². The van der Waals surface area contributed by atoms with E-state index in [4.69, 9.17) is 0 Å². The van der Waals surface area contributed by atoms with E-state index in [-0.39, 0.29) is 16.8 Å². The molecule has 1 saturated heterocycles. The van der Waals surface area contributed by atoms with Crippen molar-refractivity contribution in [3.8, 4) is 0 Å².